The maximum atomic E-state index is 12.9. The molecule has 2 aromatic carbocycles. The number of hydrazone groups is 1. The lowest BCUT2D eigenvalue weighted by molar-refractivity contribution is -0.121. The van der Waals surface area contributed by atoms with Crippen molar-refractivity contribution in [2.45, 2.75) is 4.90 Å². The number of amides is 1. The highest BCUT2D eigenvalue weighted by atomic mass is 79.9. The van der Waals surface area contributed by atoms with Gasteiger partial charge in [0, 0.05) is 17.1 Å². The first kappa shape index (κ1) is 19.2. The number of nitrogens with zero attached hydrogens (tertiary/aromatic N) is 2. The third-order valence-corrected chi connectivity index (χ3v) is 5.73. The van der Waals surface area contributed by atoms with Crippen LogP contribution >= 0.6 is 15.9 Å². The molecule has 2 rings (SSSR count). The SMILES string of the molecule is CN(CC(=O)N/N=C\c1ccccc1Br)S(=O)(=O)c1ccc(F)cc1. The molecule has 25 heavy (non-hydrogen) atoms. The van der Waals surface area contributed by atoms with Crippen molar-refractivity contribution >= 4 is 38.1 Å². The van der Waals surface area contributed by atoms with Gasteiger partial charge in [-0.3, -0.25) is 4.79 Å². The molecular formula is C16H15BrFN3O3S. The second kappa shape index (κ2) is 8.32. The lowest BCUT2D eigenvalue weighted by atomic mass is 10.2. The summed E-state index contributed by atoms with van der Waals surface area (Å²) in [5.74, 6) is -1.14. The normalized spacial score (nSPS) is 11.8. The summed E-state index contributed by atoms with van der Waals surface area (Å²) in [6.07, 6.45) is 1.44. The van der Waals surface area contributed by atoms with Gasteiger partial charge in [-0.05, 0) is 30.3 Å². The van der Waals surface area contributed by atoms with E-state index in [2.05, 4.69) is 26.5 Å². The molecule has 0 aromatic heterocycles. The van der Waals surface area contributed by atoms with Gasteiger partial charge in [-0.25, -0.2) is 18.2 Å². The molecule has 1 amide bonds. The van der Waals surface area contributed by atoms with E-state index >= 15 is 0 Å². The number of benzene rings is 2. The van der Waals surface area contributed by atoms with E-state index in [9.17, 15) is 17.6 Å². The Morgan fingerprint density at radius 3 is 2.52 bits per heavy atom. The highest BCUT2D eigenvalue weighted by Gasteiger charge is 2.22. The second-order valence-corrected chi connectivity index (χ2v) is 7.93. The van der Waals surface area contributed by atoms with Crippen LogP contribution in [0.2, 0.25) is 0 Å². The molecule has 0 aliphatic rings. The molecule has 0 bridgehead atoms. The molecule has 0 atom stereocenters. The van der Waals surface area contributed by atoms with Crippen LogP contribution in [0, 0.1) is 5.82 Å². The minimum Gasteiger partial charge on any atom is -0.272 e. The quantitative estimate of drug-likeness (QED) is 0.567. The molecule has 0 spiro atoms. The predicted octanol–water partition coefficient (Wildman–Crippen LogP) is 2.36. The van der Waals surface area contributed by atoms with E-state index in [4.69, 9.17) is 0 Å². The van der Waals surface area contributed by atoms with Crippen molar-refractivity contribution in [3.63, 3.8) is 0 Å². The second-order valence-electron chi connectivity index (χ2n) is 5.03. The maximum absolute atomic E-state index is 12.9. The lowest BCUT2D eigenvalue weighted by Crippen LogP contribution is -2.36. The summed E-state index contributed by atoms with van der Waals surface area (Å²) in [6.45, 7) is -0.424. The number of halogens is 2. The van der Waals surface area contributed by atoms with Gasteiger partial charge in [-0.15, -0.1) is 0 Å². The minimum absolute atomic E-state index is 0.0964. The molecule has 132 valence electrons. The van der Waals surface area contributed by atoms with Gasteiger partial charge in [0.2, 0.25) is 10.0 Å². The van der Waals surface area contributed by atoms with E-state index in [0.717, 1.165) is 38.6 Å². The first-order chi connectivity index (χ1) is 11.8. The van der Waals surface area contributed by atoms with E-state index in [1.165, 1.54) is 13.3 Å². The summed E-state index contributed by atoms with van der Waals surface area (Å²) in [6, 6.07) is 11.7. The Labute approximate surface area is 153 Å². The van der Waals surface area contributed by atoms with Crippen molar-refractivity contribution in [2.75, 3.05) is 13.6 Å². The van der Waals surface area contributed by atoms with Crippen LogP contribution in [0.4, 0.5) is 4.39 Å². The lowest BCUT2D eigenvalue weighted by Gasteiger charge is -2.16. The van der Waals surface area contributed by atoms with Crippen LogP contribution in [-0.2, 0) is 14.8 Å². The highest BCUT2D eigenvalue weighted by Crippen LogP contribution is 2.15. The molecule has 0 radical (unpaired) electrons. The fourth-order valence-electron chi connectivity index (χ4n) is 1.86. The smallest absolute Gasteiger partial charge is 0.255 e. The molecule has 9 heteroatoms. The largest absolute Gasteiger partial charge is 0.272 e. The van der Waals surface area contributed by atoms with E-state index in [1.54, 1.807) is 6.07 Å². The van der Waals surface area contributed by atoms with Gasteiger partial charge in [-0.1, -0.05) is 34.1 Å². The minimum atomic E-state index is -3.89. The fourth-order valence-corrected chi connectivity index (χ4v) is 3.38. The van der Waals surface area contributed by atoms with Crippen molar-refractivity contribution in [3.8, 4) is 0 Å². The van der Waals surface area contributed by atoms with Crippen LogP contribution in [-0.4, -0.2) is 38.4 Å². The molecule has 6 nitrogen and oxygen atoms in total. The molecule has 0 aliphatic heterocycles. The first-order valence-electron chi connectivity index (χ1n) is 7.09. The summed E-state index contributed by atoms with van der Waals surface area (Å²) in [5, 5.41) is 3.80. The van der Waals surface area contributed by atoms with Crippen LogP contribution in [0.3, 0.4) is 0 Å². The van der Waals surface area contributed by atoms with Crippen LogP contribution in [0.5, 0.6) is 0 Å². The van der Waals surface area contributed by atoms with Gasteiger partial charge in [0.25, 0.3) is 5.91 Å². The Balaban J connectivity index is 1.97. The Kier molecular flexibility index (Phi) is 6.40. The standard InChI is InChI=1S/C16H15BrFN3O3S/c1-21(25(23,24)14-8-6-13(18)7-9-14)11-16(22)20-19-10-12-4-2-3-5-15(12)17/h2-10H,11H2,1H3,(H,20,22)/b19-10-. The molecule has 1 N–H and O–H groups in total. The number of carbonyl (C=O) groups excluding carboxylic acids is 1. The van der Waals surface area contributed by atoms with Crippen molar-refractivity contribution in [2.24, 2.45) is 5.10 Å². The van der Waals surface area contributed by atoms with E-state index in [-0.39, 0.29) is 4.90 Å². The topological polar surface area (TPSA) is 78.8 Å². The van der Waals surface area contributed by atoms with Gasteiger partial charge in [0.1, 0.15) is 5.82 Å². The van der Waals surface area contributed by atoms with Crippen LogP contribution in [0.15, 0.2) is 63.0 Å². The van der Waals surface area contributed by atoms with Gasteiger partial charge in [0.05, 0.1) is 17.7 Å². The van der Waals surface area contributed by atoms with Crippen LogP contribution in [0.1, 0.15) is 5.56 Å². The average molecular weight is 428 g/mol. The number of carbonyl (C=O) groups is 1. The van der Waals surface area contributed by atoms with Gasteiger partial charge < -0.3 is 0 Å². The van der Waals surface area contributed by atoms with Gasteiger partial charge >= 0.3 is 0 Å². The third kappa shape index (κ3) is 5.18. The molecule has 0 unspecified atom stereocenters. The number of rotatable bonds is 6. The van der Waals surface area contributed by atoms with Crippen molar-refractivity contribution < 1.29 is 17.6 Å². The molecular weight excluding hydrogens is 413 g/mol. The summed E-state index contributed by atoms with van der Waals surface area (Å²) >= 11 is 3.34. The summed E-state index contributed by atoms with van der Waals surface area (Å²) in [7, 11) is -2.63. The zero-order chi connectivity index (χ0) is 18.4. The fraction of sp³-hybridized carbons (Fsp3) is 0.125. The zero-order valence-electron chi connectivity index (χ0n) is 13.2. The number of hydrogen-bond donors (Lipinski definition) is 1. The van der Waals surface area contributed by atoms with E-state index in [0.29, 0.717) is 0 Å². The molecule has 0 fully saturated rings. The highest BCUT2D eigenvalue weighted by molar-refractivity contribution is 9.10. The third-order valence-electron chi connectivity index (χ3n) is 3.19. The molecule has 0 aliphatic carbocycles. The average Bonchev–Trinajstić information content (AvgIpc) is 2.57. The van der Waals surface area contributed by atoms with Crippen molar-refractivity contribution in [3.05, 3.63) is 64.4 Å². The van der Waals surface area contributed by atoms with E-state index in [1.807, 2.05) is 18.2 Å². The Bertz CT molecular complexity index is 886. The Morgan fingerprint density at radius 2 is 1.88 bits per heavy atom. The van der Waals surface area contributed by atoms with E-state index < -0.39 is 28.3 Å². The summed E-state index contributed by atoms with van der Waals surface area (Å²) in [4.78, 5) is 11.8. The van der Waals surface area contributed by atoms with Crippen molar-refractivity contribution in [1.29, 1.82) is 0 Å². The number of nitrogens with one attached hydrogen (secondary N) is 1. The molecule has 2 aromatic rings. The van der Waals surface area contributed by atoms with Crippen LogP contribution < -0.4 is 5.43 Å². The predicted molar refractivity (Wildman–Crippen MR) is 96.1 cm³/mol. The monoisotopic (exact) mass is 427 g/mol. The molecule has 0 heterocycles. The molecule has 0 saturated carbocycles. The Morgan fingerprint density at radius 1 is 1.24 bits per heavy atom. The summed E-state index contributed by atoms with van der Waals surface area (Å²) < 4.78 is 39.2. The first-order valence-corrected chi connectivity index (χ1v) is 9.32. The summed E-state index contributed by atoms with van der Waals surface area (Å²) in [5.41, 5.74) is 3.02. The van der Waals surface area contributed by atoms with Crippen LogP contribution in [0.25, 0.3) is 0 Å². The number of sulfonamides is 1. The molecule has 0 saturated heterocycles. The van der Waals surface area contributed by atoms with Crippen molar-refractivity contribution in [1.82, 2.24) is 9.73 Å². The number of hydrogen-bond acceptors (Lipinski definition) is 4. The van der Waals surface area contributed by atoms with Gasteiger partial charge in [-0.2, -0.15) is 9.41 Å². The maximum Gasteiger partial charge on any atom is 0.255 e. The zero-order valence-corrected chi connectivity index (χ0v) is 15.6. The number of likely N-dealkylation sites (N-methyl/N-ethyl adjacent to an activating group) is 1. The Hall–Kier alpha value is -2.10. The van der Waals surface area contributed by atoms with Gasteiger partial charge in [0.15, 0.2) is 0 Å².